The van der Waals surface area contributed by atoms with Crippen LogP contribution in [0.15, 0.2) is 24.3 Å². The quantitative estimate of drug-likeness (QED) is 0.847. The van der Waals surface area contributed by atoms with Gasteiger partial charge in [0.1, 0.15) is 22.6 Å². The topological polar surface area (TPSA) is 63.8 Å². The summed E-state index contributed by atoms with van der Waals surface area (Å²) in [6.45, 7) is 0.412. The van der Waals surface area contributed by atoms with Crippen molar-refractivity contribution >= 4 is 23.4 Å². The lowest BCUT2D eigenvalue weighted by molar-refractivity contribution is 0.572. The van der Waals surface area contributed by atoms with Crippen LogP contribution in [-0.2, 0) is 6.42 Å². The third-order valence-corrected chi connectivity index (χ3v) is 2.62. The number of hydrogen-bond donors (Lipinski definition) is 2. The highest BCUT2D eigenvalue weighted by atomic mass is 35.5. The van der Waals surface area contributed by atoms with Crippen molar-refractivity contribution in [2.45, 2.75) is 6.42 Å². The zero-order chi connectivity index (χ0) is 13.8. The first kappa shape index (κ1) is 13.5. The monoisotopic (exact) mass is 284 g/mol. The number of nitrogen functional groups attached to an aromatic ring is 1. The van der Waals surface area contributed by atoms with E-state index in [9.17, 15) is 8.78 Å². The molecule has 3 N–H and O–H groups in total. The molecule has 0 aliphatic carbocycles. The van der Waals surface area contributed by atoms with Crippen molar-refractivity contribution in [2.75, 3.05) is 17.6 Å². The lowest BCUT2D eigenvalue weighted by Crippen LogP contribution is -2.09. The van der Waals surface area contributed by atoms with Crippen LogP contribution in [0.4, 0.5) is 20.5 Å². The summed E-state index contributed by atoms with van der Waals surface area (Å²) in [6.07, 6.45) is 0.383. The van der Waals surface area contributed by atoms with Gasteiger partial charge in [0.15, 0.2) is 0 Å². The summed E-state index contributed by atoms with van der Waals surface area (Å²) in [5, 5.41) is 3.17. The molecule has 0 atom stereocenters. The van der Waals surface area contributed by atoms with Gasteiger partial charge in [0.25, 0.3) is 0 Å². The van der Waals surface area contributed by atoms with Crippen LogP contribution in [0.3, 0.4) is 0 Å². The lowest BCUT2D eigenvalue weighted by atomic mass is 10.1. The number of hydrogen-bond acceptors (Lipinski definition) is 4. The van der Waals surface area contributed by atoms with Gasteiger partial charge in [-0.3, -0.25) is 0 Å². The minimum atomic E-state index is -0.593. The molecule has 0 saturated heterocycles. The Morgan fingerprint density at radius 2 is 2.00 bits per heavy atom. The molecule has 19 heavy (non-hydrogen) atoms. The van der Waals surface area contributed by atoms with Gasteiger partial charge in [-0.15, -0.1) is 0 Å². The maximum absolute atomic E-state index is 13.4. The first-order valence-corrected chi connectivity index (χ1v) is 5.90. The number of rotatable bonds is 4. The molecule has 4 nitrogen and oxygen atoms in total. The summed E-state index contributed by atoms with van der Waals surface area (Å²) in [5.41, 5.74) is 5.85. The number of nitrogens with zero attached hydrogens (tertiary/aromatic N) is 2. The van der Waals surface area contributed by atoms with E-state index < -0.39 is 11.6 Å². The van der Waals surface area contributed by atoms with Crippen molar-refractivity contribution < 1.29 is 8.78 Å². The van der Waals surface area contributed by atoms with E-state index in [4.69, 9.17) is 17.3 Å². The van der Waals surface area contributed by atoms with E-state index in [1.54, 1.807) is 0 Å². The fraction of sp³-hybridized carbons (Fsp3) is 0.167. The van der Waals surface area contributed by atoms with Gasteiger partial charge in [0.2, 0.25) is 5.95 Å². The fourth-order valence-electron chi connectivity index (χ4n) is 1.58. The first-order valence-electron chi connectivity index (χ1n) is 5.52. The maximum atomic E-state index is 13.4. The van der Waals surface area contributed by atoms with Crippen LogP contribution in [0.5, 0.6) is 0 Å². The predicted octanol–water partition coefficient (Wildman–Crippen LogP) is 2.65. The number of anilines is 2. The van der Waals surface area contributed by atoms with Gasteiger partial charge in [0, 0.05) is 18.7 Å². The molecule has 0 aliphatic rings. The number of aromatic nitrogens is 2. The molecular formula is C12H11ClF2N4. The Morgan fingerprint density at radius 1 is 1.21 bits per heavy atom. The molecule has 0 radical (unpaired) electrons. The molecule has 0 unspecified atom stereocenters. The molecule has 100 valence electrons. The van der Waals surface area contributed by atoms with Crippen LogP contribution < -0.4 is 11.1 Å². The van der Waals surface area contributed by atoms with Crippen molar-refractivity contribution in [2.24, 2.45) is 0 Å². The summed E-state index contributed by atoms with van der Waals surface area (Å²) < 4.78 is 26.1. The molecule has 0 spiro atoms. The van der Waals surface area contributed by atoms with Gasteiger partial charge >= 0.3 is 0 Å². The SMILES string of the molecule is Nc1nc(Cl)cc(NCCc2ccc(F)cc2F)n1. The van der Waals surface area contributed by atoms with Gasteiger partial charge in [-0.2, -0.15) is 4.98 Å². The number of nitrogens with two attached hydrogens (primary N) is 1. The van der Waals surface area contributed by atoms with Crippen LogP contribution in [0.1, 0.15) is 5.56 Å². The Hall–Kier alpha value is -1.95. The standard InChI is InChI=1S/C12H11ClF2N4/c13-10-6-11(19-12(16)18-10)17-4-3-7-1-2-8(14)5-9(7)15/h1-2,5-6H,3-4H2,(H3,16,17,18,19). The molecular weight excluding hydrogens is 274 g/mol. The largest absolute Gasteiger partial charge is 0.370 e. The zero-order valence-corrected chi connectivity index (χ0v) is 10.6. The smallest absolute Gasteiger partial charge is 0.223 e. The Bertz CT molecular complexity index is 572. The molecule has 2 aromatic rings. The van der Waals surface area contributed by atoms with E-state index in [0.717, 1.165) is 6.07 Å². The molecule has 0 saturated carbocycles. The average Bonchev–Trinajstić information content (AvgIpc) is 2.30. The zero-order valence-electron chi connectivity index (χ0n) is 9.83. The van der Waals surface area contributed by atoms with Crippen LogP contribution >= 0.6 is 11.6 Å². The minimum absolute atomic E-state index is 0.0583. The van der Waals surface area contributed by atoms with Gasteiger partial charge in [0.05, 0.1) is 0 Å². The van der Waals surface area contributed by atoms with E-state index in [-0.39, 0.29) is 11.1 Å². The first-order chi connectivity index (χ1) is 9.04. The van der Waals surface area contributed by atoms with E-state index >= 15 is 0 Å². The lowest BCUT2D eigenvalue weighted by Gasteiger charge is -2.07. The van der Waals surface area contributed by atoms with E-state index in [1.165, 1.54) is 18.2 Å². The van der Waals surface area contributed by atoms with E-state index in [0.29, 0.717) is 24.3 Å². The third-order valence-electron chi connectivity index (χ3n) is 2.43. The van der Waals surface area contributed by atoms with Crippen LogP contribution in [0.2, 0.25) is 5.15 Å². The Kier molecular flexibility index (Phi) is 4.11. The highest BCUT2D eigenvalue weighted by Gasteiger charge is 2.04. The molecule has 1 aromatic carbocycles. The second-order valence-electron chi connectivity index (χ2n) is 3.85. The Morgan fingerprint density at radius 3 is 2.68 bits per heavy atom. The molecule has 1 heterocycles. The molecule has 1 aromatic heterocycles. The van der Waals surface area contributed by atoms with Gasteiger partial charge < -0.3 is 11.1 Å². The van der Waals surface area contributed by atoms with Gasteiger partial charge in [-0.1, -0.05) is 17.7 Å². The predicted molar refractivity (Wildman–Crippen MR) is 70.0 cm³/mol. The summed E-state index contributed by atoms with van der Waals surface area (Å²) in [4.78, 5) is 7.63. The highest BCUT2D eigenvalue weighted by molar-refractivity contribution is 6.29. The second kappa shape index (κ2) is 5.79. The van der Waals surface area contributed by atoms with Crippen LogP contribution in [0, 0.1) is 11.6 Å². The summed E-state index contributed by atoms with van der Waals surface area (Å²) >= 11 is 5.72. The van der Waals surface area contributed by atoms with Crippen molar-refractivity contribution in [3.8, 4) is 0 Å². The normalized spacial score (nSPS) is 10.5. The Balaban J connectivity index is 1.96. The van der Waals surface area contributed by atoms with Crippen molar-refractivity contribution in [3.05, 3.63) is 46.6 Å². The molecule has 0 fully saturated rings. The average molecular weight is 285 g/mol. The maximum Gasteiger partial charge on any atom is 0.223 e. The number of benzene rings is 1. The van der Waals surface area contributed by atoms with Gasteiger partial charge in [-0.05, 0) is 18.1 Å². The van der Waals surface area contributed by atoms with Crippen molar-refractivity contribution in [1.82, 2.24) is 9.97 Å². The van der Waals surface area contributed by atoms with E-state index in [2.05, 4.69) is 15.3 Å². The summed E-state index contributed by atoms with van der Waals surface area (Å²) in [5.74, 6) is -0.644. The van der Waals surface area contributed by atoms with Gasteiger partial charge in [-0.25, -0.2) is 13.8 Å². The number of halogens is 3. The van der Waals surface area contributed by atoms with E-state index in [1.807, 2.05) is 0 Å². The van der Waals surface area contributed by atoms with Crippen LogP contribution in [-0.4, -0.2) is 16.5 Å². The second-order valence-corrected chi connectivity index (χ2v) is 4.23. The summed E-state index contributed by atoms with van der Waals surface area (Å²) in [7, 11) is 0. The molecule has 0 aliphatic heterocycles. The minimum Gasteiger partial charge on any atom is -0.370 e. The Labute approximate surface area is 113 Å². The third kappa shape index (κ3) is 3.75. The summed E-state index contributed by atoms with van der Waals surface area (Å²) in [6, 6.07) is 5.00. The van der Waals surface area contributed by atoms with Crippen molar-refractivity contribution in [1.29, 1.82) is 0 Å². The highest BCUT2D eigenvalue weighted by Crippen LogP contribution is 2.13. The molecule has 0 bridgehead atoms. The van der Waals surface area contributed by atoms with Crippen LogP contribution in [0.25, 0.3) is 0 Å². The molecule has 7 heteroatoms. The molecule has 0 amide bonds. The van der Waals surface area contributed by atoms with Crippen molar-refractivity contribution in [3.63, 3.8) is 0 Å². The fourth-order valence-corrected chi connectivity index (χ4v) is 1.77. The number of nitrogens with one attached hydrogen (secondary N) is 1. The molecule has 2 rings (SSSR count).